The zero-order valence-electron chi connectivity index (χ0n) is 14.2. The average molecular weight is 365 g/mol. The lowest BCUT2D eigenvalue weighted by Gasteiger charge is -2.34. The second kappa shape index (κ2) is 7.18. The summed E-state index contributed by atoms with van der Waals surface area (Å²) in [5.74, 6) is 2.47. The summed E-state index contributed by atoms with van der Waals surface area (Å²) in [6.45, 7) is 1.43. The molecular weight excluding hydrogens is 346 g/mol. The smallest absolute Gasteiger partial charge is 0.234 e. The molecule has 0 saturated carbocycles. The fourth-order valence-electron chi connectivity index (χ4n) is 3.43. The predicted molar refractivity (Wildman–Crippen MR) is 104 cm³/mol. The highest BCUT2D eigenvalue weighted by atomic mass is 32.1. The number of H-pyrrole nitrogens is 1. The number of aromatic nitrogens is 3. The third-order valence-electron chi connectivity index (χ3n) is 4.67. The summed E-state index contributed by atoms with van der Waals surface area (Å²) in [4.78, 5) is 26.1. The van der Waals surface area contributed by atoms with Crippen LogP contribution in [0.25, 0.3) is 22.3 Å². The Kier molecular flexibility index (Phi) is 4.59. The van der Waals surface area contributed by atoms with Gasteiger partial charge in [-0.2, -0.15) is 0 Å². The van der Waals surface area contributed by atoms with E-state index in [2.05, 4.69) is 26.2 Å². The number of terminal acetylenes is 1. The molecule has 7 heteroatoms. The van der Waals surface area contributed by atoms with E-state index < -0.39 is 0 Å². The fourth-order valence-corrected chi connectivity index (χ4v) is 3.98. The minimum Gasteiger partial charge on any atom is -0.379 e. The number of hydrogen-bond donors (Lipinski definition) is 2. The van der Waals surface area contributed by atoms with Gasteiger partial charge in [0.15, 0.2) is 0 Å². The van der Waals surface area contributed by atoms with Crippen molar-refractivity contribution in [3.05, 3.63) is 29.4 Å². The fraction of sp³-hybridized carbons (Fsp3) is 0.316. The molecule has 132 valence electrons. The van der Waals surface area contributed by atoms with Crippen LogP contribution < -0.4 is 5.32 Å². The molecule has 1 fully saturated rings. The van der Waals surface area contributed by atoms with Crippen molar-refractivity contribution in [1.29, 1.82) is 0 Å². The molecule has 26 heavy (non-hydrogen) atoms. The molecule has 1 saturated heterocycles. The molecule has 0 spiro atoms. The predicted octanol–water partition coefficient (Wildman–Crippen LogP) is 3.11. The summed E-state index contributed by atoms with van der Waals surface area (Å²) < 4.78 is 0. The van der Waals surface area contributed by atoms with Crippen LogP contribution in [0.3, 0.4) is 0 Å². The van der Waals surface area contributed by atoms with Crippen molar-refractivity contribution in [2.75, 3.05) is 18.4 Å². The Balaban J connectivity index is 1.64. The molecule has 0 bridgehead atoms. The summed E-state index contributed by atoms with van der Waals surface area (Å²) in [6.07, 6.45) is 11.1. The first-order chi connectivity index (χ1) is 12.8. The number of thiazole rings is 1. The molecule has 0 aromatic carbocycles. The molecule has 1 aliphatic heterocycles. The normalized spacial score (nSPS) is 17.2. The largest absolute Gasteiger partial charge is 0.379 e. The molecule has 0 radical (unpaired) electrons. The third-order valence-corrected chi connectivity index (χ3v) is 5.26. The molecule has 3 aromatic rings. The molecule has 1 amide bonds. The second-order valence-electron chi connectivity index (χ2n) is 6.36. The monoisotopic (exact) mass is 365 g/mol. The van der Waals surface area contributed by atoms with E-state index in [0.29, 0.717) is 6.54 Å². The van der Waals surface area contributed by atoms with Crippen LogP contribution in [-0.4, -0.2) is 44.9 Å². The van der Waals surface area contributed by atoms with Crippen molar-refractivity contribution in [2.24, 2.45) is 0 Å². The zero-order valence-corrected chi connectivity index (χ0v) is 15.1. The Morgan fingerprint density at radius 2 is 2.42 bits per heavy atom. The SMILES string of the molecule is C#CCC(=O)N1CCC[C@@H](Nc2c(-c3cscn3)cnc3[nH]ccc23)C1. The van der Waals surface area contributed by atoms with Crippen LogP contribution in [0, 0.1) is 12.3 Å². The molecule has 1 atom stereocenters. The maximum absolute atomic E-state index is 12.2. The van der Waals surface area contributed by atoms with Crippen molar-refractivity contribution in [2.45, 2.75) is 25.3 Å². The number of rotatable bonds is 4. The minimum absolute atomic E-state index is 0.0280. The zero-order chi connectivity index (χ0) is 17.9. The van der Waals surface area contributed by atoms with Crippen LogP contribution in [-0.2, 0) is 4.79 Å². The van der Waals surface area contributed by atoms with Gasteiger partial charge in [-0.05, 0) is 18.9 Å². The number of fused-ring (bicyclic) bond motifs is 1. The number of likely N-dealkylation sites (tertiary alicyclic amines) is 1. The van der Waals surface area contributed by atoms with Gasteiger partial charge < -0.3 is 15.2 Å². The summed E-state index contributed by atoms with van der Waals surface area (Å²) in [6, 6.07) is 2.19. The lowest BCUT2D eigenvalue weighted by atomic mass is 10.0. The van der Waals surface area contributed by atoms with E-state index in [0.717, 1.165) is 47.4 Å². The van der Waals surface area contributed by atoms with Gasteiger partial charge in [-0.25, -0.2) is 9.97 Å². The summed E-state index contributed by atoms with van der Waals surface area (Å²) in [5.41, 5.74) is 5.55. The highest BCUT2D eigenvalue weighted by molar-refractivity contribution is 7.07. The van der Waals surface area contributed by atoms with Gasteiger partial charge in [0.1, 0.15) is 5.65 Å². The van der Waals surface area contributed by atoms with Crippen LogP contribution in [0.4, 0.5) is 5.69 Å². The number of pyridine rings is 1. The molecule has 0 aliphatic carbocycles. The van der Waals surface area contributed by atoms with Crippen LogP contribution >= 0.6 is 11.3 Å². The quantitative estimate of drug-likeness (QED) is 0.697. The molecule has 0 unspecified atom stereocenters. The van der Waals surface area contributed by atoms with E-state index in [-0.39, 0.29) is 18.4 Å². The number of hydrogen-bond acceptors (Lipinski definition) is 5. The Morgan fingerprint density at radius 3 is 3.23 bits per heavy atom. The standard InChI is InChI=1S/C19H19N5OS/c1-2-4-17(25)24-8-3-5-13(10-24)23-18-14-6-7-20-19(14)21-9-15(18)16-11-26-12-22-16/h1,6-7,9,11-13H,3-5,8,10H2,(H2,20,21,23)/t13-/m1/s1. The summed E-state index contributed by atoms with van der Waals surface area (Å²) in [7, 11) is 0. The summed E-state index contributed by atoms with van der Waals surface area (Å²) >= 11 is 1.56. The molecule has 3 aromatic heterocycles. The van der Waals surface area contributed by atoms with Crippen molar-refractivity contribution in [1.82, 2.24) is 19.9 Å². The van der Waals surface area contributed by atoms with Crippen molar-refractivity contribution >= 4 is 34.0 Å². The van der Waals surface area contributed by atoms with Gasteiger partial charge in [-0.1, -0.05) is 5.92 Å². The summed E-state index contributed by atoms with van der Waals surface area (Å²) in [5, 5.41) is 6.70. The Labute approximate surface area is 155 Å². The van der Waals surface area contributed by atoms with Gasteiger partial charge in [0, 0.05) is 47.9 Å². The number of anilines is 1. The number of aromatic amines is 1. The van der Waals surface area contributed by atoms with Crippen LogP contribution in [0.2, 0.25) is 0 Å². The maximum atomic E-state index is 12.2. The Bertz CT molecular complexity index is 956. The second-order valence-corrected chi connectivity index (χ2v) is 7.08. The van der Waals surface area contributed by atoms with Gasteiger partial charge in [0.05, 0.1) is 23.3 Å². The van der Waals surface area contributed by atoms with Crippen LogP contribution in [0.5, 0.6) is 0 Å². The van der Waals surface area contributed by atoms with Crippen molar-refractivity contribution in [3.63, 3.8) is 0 Å². The van der Waals surface area contributed by atoms with E-state index in [9.17, 15) is 4.79 Å². The minimum atomic E-state index is 0.0280. The topological polar surface area (TPSA) is 73.9 Å². The number of nitrogens with one attached hydrogen (secondary N) is 2. The highest BCUT2D eigenvalue weighted by Gasteiger charge is 2.24. The van der Waals surface area contributed by atoms with Gasteiger partial charge in [-0.15, -0.1) is 17.8 Å². The molecule has 1 aliphatic rings. The number of carbonyl (C=O) groups excluding carboxylic acids is 1. The number of piperidine rings is 1. The van der Waals surface area contributed by atoms with E-state index >= 15 is 0 Å². The van der Waals surface area contributed by atoms with Crippen LogP contribution in [0.15, 0.2) is 29.4 Å². The van der Waals surface area contributed by atoms with Crippen molar-refractivity contribution < 1.29 is 4.79 Å². The highest BCUT2D eigenvalue weighted by Crippen LogP contribution is 2.34. The first kappa shape index (κ1) is 16.6. The van der Waals surface area contributed by atoms with Gasteiger partial charge in [0.2, 0.25) is 5.91 Å². The molecule has 2 N–H and O–H groups in total. The third kappa shape index (κ3) is 3.16. The van der Waals surface area contributed by atoms with Crippen LogP contribution in [0.1, 0.15) is 19.3 Å². The molecule has 4 heterocycles. The lowest BCUT2D eigenvalue weighted by molar-refractivity contribution is -0.131. The van der Waals surface area contributed by atoms with E-state index in [4.69, 9.17) is 6.42 Å². The first-order valence-corrected chi connectivity index (χ1v) is 9.53. The van der Waals surface area contributed by atoms with Crippen molar-refractivity contribution in [3.8, 4) is 23.6 Å². The number of amides is 1. The Hall–Kier alpha value is -2.85. The number of nitrogens with zero attached hydrogens (tertiary/aromatic N) is 3. The van der Waals surface area contributed by atoms with Gasteiger partial charge in [-0.3, -0.25) is 4.79 Å². The Morgan fingerprint density at radius 1 is 1.50 bits per heavy atom. The van der Waals surface area contributed by atoms with E-state index in [1.165, 1.54) is 0 Å². The average Bonchev–Trinajstić information content (AvgIpc) is 3.34. The van der Waals surface area contributed by atoms with Gasteiger partial charge >= 0.3 is 0 Å². The number of carbonyl (C=O) groups is 1. The molecule has 6 nitrogen and oxygen atoms in total. The molecular formula is C19H19N5OS. The maximum Gasteiger partial charge on any atom is 0.234 e. The van der Waals surface area contributed by atoms with E-state index in [1.807, 2.05) is 34.3 Å². The lowest BCUT2D eigenvalue weighted by Crippen LogP contribution is -2.45. The first-order valence-electron chi connectivity index (χ1n) is 8.58. The van der Waals surface area contributed by atoms with Gasteiger partial charge in [0.25, 0.3) is 0 Å². The molecule has 4 rings (SSSR count). The van der Waals surface area contributed by atoms with E-state index in [1.54, 1.807) is 11.3 Å².